The fourth-order valence-electron chi connectivity index (χ4n) is 3.26. The number of rotatable bonds is 9. The van der Waals surface area contributed by atoms with Crippen molar-refractivity contribution in [1.29, 1.82) is 0 Å². The maximum atomic E-state index is 12.1. The molecule has 0 aromatic heterocycles. The van der Waals surface area contributed by atoms with Gasteiger partial charge in [-0.15, -0.1) is 0 Å². The van der Waals surface area contributed by atoms with Crippen LogP contribution in [-0.4, -0.2) is 43.5 Å². The van der Waals surface area contributed by atoms with Crippen LogP contribution in [0.5, 0.6) is 0 Å². The molecule has 0 unspecified atom stereocenters. The van der Waals surface area contributed by atoms with Crippen molar-refractivity contribution in [2.24, 2.45) is 11.1 Å². The van der Waals surface area contributed by atoms with Crippen LogP contribution >= 0.6 is 0 Å². The second-order valence-corrected chi connectivity index (χ2v) is 6.23. The molecule has 0 heterocycles. The van der Waals surface area contributed by atoms with Crippen molar-refractivity contribution < 1.29 is 4.79 Å². The summed E-state index contributed by atoms with van der Waals surface area (Å²) < 4.78 is 0. The lowest BCUT2D eigenvalue weighted by Gasteiger charge is -2.35. The Morgan fingerprint density at radius 1 is 1.20 bits per heavy atom. The van der Waals surface area contributed by atoms with E-state index in [0.29, 0.717) is 13.0 Å². The van der Waals surface area contributed by atoms with Crippen LogP contribution in [-0.2, 0) is 4.79 Å². The van der Waals surface area contributed by atoms with E-state index in [1.165, 1.54) is 19.3 Å². The fraction of sp³-hybridized carbons (Fsp3) is 0.938. The van der Waals surface area contributed by atoms with Crippen LogP contribution in [0.4, 0.5) is 0 Å². The van der Waals surface area contributed by atoms with E-state index in [4.69, 9.17) is 5.73 Å². The zero-order valence-electron chi connectivity index (χ0n) is 13.4. The molecule has 1 amide bonds. The summed E-state index contributed by atoms with van der Waals surface area (Å²) in [5, 5.41) is 3.08. The first-order chi connectivity index (χ1) is 9.65. The summed E-state index contributed by atoms with van der Waals surface area (Å²) in [6.07, 6.45) is 7.77. The molecule has 1 rings (SSSR count). The SMILES string of the molecule is CCCN(CC)CCNC(=O)CC1(CN)CCCCC1. The summed E-state index contributed by atoms with van der Waals surface area (Å²) in [5.41, 5.74) is 6.02. The molecule has 1 fully saturated rings. The first-order valence-corrected chi connectivity index (χ1v) is 8.35. The van der Waals surface area contributed by atoms with Gasteiger partial charge in [0, 0.05) is 19.5 Å². The highest BCUT2D eigenvalue weighted by molar-refractivity contribution is 5.76. The second kappa shape index (κ2) is 9.35. The molecule has 3 N–H and O–H groups in total. The van der Waals surface area contributed by atoms with Gasteiger partial charge in [-0.3, -0.25) is 4.79 Å². The topological polar surface area (TPSA) is 58.4 Å². The Morgan fingerprint density at radius 3 is 2.45 bits per heavy atom. The van der Waals surface area contributed by atoms with Crippen LogP contribution in [0.2, 0.25) is 0 Å². The number of hydrogen-bond acceptors (Lipinski definition) is 3. The standard InChI is InChI=1S/C16H33N3O/c1-3-11-19(4-2)12-10-18-15(20)13-16(14-17)8-6-5-7-9-16/h3-14,17H2,1-2H3,(H,18,20). The predicted molar refractivity (Wildman–Crippen MR) is 84.6 cm³/mol. The molecule has 0 aromatic rings. The van der Waals surface area contributed by atoms with Crippen LogP contribution in [0.15, 0.2) is 0 Å². The molecular weight excluding hydrogens is 250 g/mol. The van der Waals surface area contributed by atoms with Gasteiger partial charge < -0.3 is 16.0 Å². The zero-order valence-corrected chi connectivity index (χ0v) is 13.4. The molecule has 118 valence electrons. The van der Waals surface area contributed by atoms with Crippen molar-refractivity contribution in [3.05, 3.63) is 0 Å². The number of nitrogens with two attached hydrogens (primary N) is 1. The maximum absolute atomic E-state index is 12.1. The van der Waals surface area contributed by atoms with Gasteiger partial charge in [0.2, 0.25) is 5.91 Å². The molecule has 4 heteroatoms. The third-order valence-electron chi connectivity index (χ3n) is 4.62. The molecule has 1 aliphatic carbocycles. The Morgan fingerprint density at radius 2 is 1.90 bits per heavy atom. The molecule has 20 heavy (non-hydrogen) atoms. The monoisotopic (exact) mass is 283 g/mol. The number of carbonyl (C=O) groups is 1. The Kier molecular flexibility index (Phi) is 8.15. The smallest absolute Gasteiger partial charge is 0.220 e. The summed E-state index contributed by atoms with van der Waals surface area (Å²) in [5.74, 6) is 0.185. The highest BCUT2D eigenvalue weighted by Gasteiger charge is 2.32. The van der Waals surface area contributed by atoms with Crippen LogP contribution in [0.1, 0.15) is 58.8 Å². The van der Waals surface area contributed by atoms with Crippen molar-refractivity contribution in [3.8, 4) is 0 Å². The van der Waals surface area contributed by atoms with E-state index in [1.54, 1.807) is 0 Å². The summed E-state index contributed by atoms with van der Waals surface area (Å²) in [7, 11) is 0. The average molecular weight is 283 g/mol. The summed E-state index contributed by atoms with van der Waals surface area (Å²) in [6.45, 7) is 8.88. The van der Waals surface area contributed by atoms with Crippen molar-refractivity contribution >= 4 is 5.91 Å². The van der Waals surface area contributed by atoms with E-state index in [9.17, 15) is 4.79 Å². The lowest BCUT2D eigenvalue weighted by molar-refractivity contribution is -0.123. The summed E-state index contributed by atoms with van der Waals surface area (Å²) in [6, 6.07) is 0. The van der Waals surface area contributed by atoms with Crippen molar-refractivity contribution in [3.63, 3.8) is 0 Å². The van der Waals surface area contributed by atoms with Crippen LogP contribution in [0.3, 0.4) is 0 Å². The predicted octanol–water partition coefficient (Wildman–Crippen LogP) is 2.13. The third kappa shape index (κ3) is 5.80. The summed E-state index contributed by atoms with van der Waals surface area (Å²) in [4.78, 5) is 14.5. The Bertz CT molecular complexity index is 275. The van der Waals surface area contributed by atoms with E-state index >= 15 is 0 Å². The number of amides is 1. The van der Waals surface area contributed by atoms with Gasteiger partial charge in [0.05, 0.1) is 0 Å². The molecule has 0 aromatic carbocycles. The Hall–Kier alpha value is -0.610. The third-order valence-corrected chi connectivity index (χ3v) is 4.62. The largest absolute Gasteiger partial charge is 0.355 e. The van der Waals surface area contributed by atoms with Gasteiger partial charge in [0.25, 0.3) is 0 Å². The fourth-order valence-corrected chi connectivity index (χ4v) is 3.26. The minimum absolute atomic E-state index is 0.0796. The zero-order chi connectivity index (χ0) is 14.8. The van der Waals surface area contributed by atoms with Crippen LogP contribution in [0.25, 0.3) is 0 Å². The number of likely N-dealkylation sites (N-methyl/N-ethyl adjacent to an activating group) is 1. The van der Waals surface area contributed by atoms with Crippen LogP contribution < -0.4 is 11.1 Å². The average Bonchev–Trinajstić information content (AvgIpc) is 2.47. The van der Waals surface area contributed by atoms with E-state index < -0.39 is 0 Å². The molecule has 4 nitrogen and oxygen atoms in total. The van der Waals surface area contributed by atoms with Gasteiger partial charge >= 0.3 is 0 Å². The molecule has 0 radical (unpaired) electrons. The second-order valence-electron chi connectivity index (χ2n) is 6.23. The molecule has 0 atom stereocenters. The first-order valence-electron chi connectivity index (χ1n) is 8.35. The van der Waals surface area contributed by atoms with E-state index in [1.807, 2.05) is 0 Å². The highest BCUT2D eigenvalue weighted by Crippen LogP contribution is 2.38. The Labute approximate surface area is 124 Å². The maximum Gasteiger partial charge on any atom is 0.220 e. The minimum Gasteiger partial charge on any atom is -0.355 e. The summed E-state index contributed by atoms with van der Waals surface area (Å²) >= 11 is 0. The molecule has 1 aliphatic rings. The lowest BCUT2D eigenvalue weighted by atomic mass is 9.71. The molecule has 0 bridgehead atoms. The van der Waals surface area contributed by atoms with Crippen LogP contribution in [0, 0.1) is 5.41 Å². The Balaban J connectivity index is 2.28. The van der Waals surface area contributed by atoms with Gasteiger partial charge in [-0.1, -0.05) is 33.1 Å². The van der Waals surface area contributed by atoms with Gasteiger partial charge in [0.1, 0.15) is 0 Å². The van der Waals surface area contributed by atoms with E-state index in [-0.39, 0.29) is 11.3 Å². The number of nitrogens with zero attached hydrogens (tertiary/aromatic N) is 1. The van der Waals surface area contributed by atoms with Crippen molar-refractivity contribution in [2.45, 2.75) is 58.8 Å². The number of carbonyl (C=O) groups excluding carboxylic acids is 1. The lowest BCUT2D eigenvalue weighted by Crippen LogP contribution is -2.41. The molecule has 0 spiro atoms. The normalized spacial score (nSPS) is 18.2. The minimum atomic E-state index is 0.0796. The highest BCUT2D eigenvalue weighted by atomic mass is 16.1. The molecular formula is C16H33N3O. The molecule has 1 saturated carbocycles. The number of nitrogens with one attached hydrogen (secondary N) is 1. The van der Waals surface area contributed by atoms with Gasteiger partial charge in [0.15, 0.2) is 0 Å². The van der Waals surface area contributed by atoms with E-state index in [2.05, 4.69) is 24.1 Å². The van der Waals surface area contributed by atoms with Gasteiger partial charge in [-0.05, 0) is 44.3 Å². The van der Waals surface area contributed by atoms with Crippen molar-refractivity contribution in [1.82, 2.24) is 10.2 Å². The first kappa shape index (κ1) is 17.4. The van der Waals surface area contributed by atoms with Gasteiger partial charge in [-0.25, -0.2) is 0 Å². The van der Waals surface area contributed by atoms with Crippen molar-refractivity contribution in [2.75, 3.05) is 32.7 Å². The quantitative estimate of drug-likeness (QED) is 0.681. The molecule has 0 aliphatic heterocycles. The van der Waals surface area contributed by atoms with E-state index in [0.717, 1.165) is 45.4 Å². The molecule has 0 saturated heterocycles. The number of hydrogen-bond donors (Lipinski definition) is 2. The van der Waals surface area contributed by atoms with Gasteiger partial charge in [-0.2, -0.15) is 0 Å².